The minimum absolute atomic E-state index is 0.0839. The minimum atomic E-state index is -3.64. The van der Waals surface area contributed by atoms with Crippen molar-refractivity contribution in [2.24, 2.45) is 0 Å². The Hall–Kier alpha value is -3.37. The maximum atomic E-state index is 12.5. The van der Waals surface area contributed by atoms with Gasteiger partial charge in [-0.15, -0.1) is 0 Å². The summed E-state index contributed by atoms with van der Waals surface area (Å²) in [6.07, 6.45) is 7.54. The van der Waals surface area contributed by atoms with Crippen LogP contribution in [0.15, 0.2) is 66.1 Å². The number of amides is 1. The molecule has 0 bridgehead atoms. The Morgan fingerprint density at radius 3 is 2.67 bits per heavy atom. The van der Waals surface area contributed by atoms with Crippen LogP contribution in [0.5, 0.6) is 11.5 Å². The van der Waals surface area contributed by atoms with Crippen molar-refractivity contribution in [3.8, 4) is 17.2 Å². The molecular formula is C23H26N4O5S. The standard InChI is InChI=1S/C23H26N4O5S/c28-23(26-19-6-3-4-7-20(19)27-13-12-24-17-27)8-2-1-5-11-25-33(29,30)18-9-10-21-22(16-18)32-15-14-31-21/h3-4,6-7,9-10,12-13,16-17,25H,1-2,5,8,11,14-15H2,(H,26,28). The third-order valence-corrected chi connectivity index (χ3v) is 6.62. The van der Waals surface area contributed by atoms with E-state index in [2.05, 4.69) is 15.0 Å². The van der Waals surface area contributed by atoms with Crippen LogP contribution in [0.1, 0.15) is 25.7 Å². The molecule has 0 fully saturated rings. The van der Waals surface area contributed by atoms with Gasteiger partial charge >= 0.3 is 0 Å². The zero-order valence-electron chi connectivity index (χ0n) is 18.1. The average Bonchev–Trinajstić information content (AvgIpc) is 3.36. The Morgan fingerprint density at radius 2 is 1.85 bits per heavy atom. The number of ether oxygens (including phenoxy) is 2. The number of hydrogen-bond donors (Lipinski definition) is 2. The molecule has 0 aliphatic carbocycles. The van der Waals surface area contributed by atoms with E-state index in [-0.39, 0.29) is 10.8 Å². The summed E-state index contributed by atoms with van der Waals surface area (Å²) in [6, 6.07) is 12.1. The molecule has 174 valence electrons. The Balaban J connectivity index is 1.19. The predicted octanol–water partition coefficient (Wildman–Crippen LogP) is 3.12. The van der Waals surface area contributed by atoms with Gasteiger partial charge in [0.1, 0.15) is 13.2 Å². The number of carbonyl (C=O) groups excluding carboxylic acids is 1. The number of imidazole rings is 1. The number of fused-ring (bicyclic) bond motifs is 1. The number of nitrogens with zero attached hydrogens (tertiary/aromatic N) is 2. The summed E-state index contributed by atoms with van der Waals surface area (Å²) in [7, 11) is -3.64. The van der Waals surface area contributed by atoms with Crippen molar-refractivity contribution in [3.05, 3.63) is 61.2 Å². The third-order valence-electron chi connectivity index (χ3n) is 5.16. The molecule has 0 radical (unpaired) electrons. The Morgan fingerprint density at radius 1 is 1.03 bits per heavy atom. The van der Waals surface area contributed by atoms with Gasteiger partial charge in [-0.05, 0) is 37.1 Å². The van der Waals surface area contributed by atoms with Crippen LogP contribution in [0.4, 0.5) is 5.69 Å². The van der Waals surface area contributed by atoms with Crippen molar-refractivity contribution in [1.29, 1.82) is 0 Å². The Labute approximate surface area is 192 Å². The van der Waals surface area contributed by atoms with Gasteiger partial charge in [-0.3, -0.25) is 4.79 Å². The predicted molar refractivity (Wildman–Crippen MR) is 123 cm³/mol. The number of anilines is 1. The first-order valence-corrected chi connectivity index (χ1v) is 12.3. The molecule has 0 saturated carbocycles. The summed E-state index contributed by atoms with van der Waals surface area (Å²) in [6.45, 7) is 1.14. The lowest BCUT2D eigenvalue weighted by Gasteiger charge is -2.18. The van der Waals surface area contributed by atoms with Crippen molar-refractivity contribution in [1.82, 2.24) is 14.3 Å². The summed E-state index contributed by atoms with van der Waals surface area (Å²) >= 11 is 0. The van der Waals surface area contributed by atoms with E-state index < -0.39 is 10.0 Å². The number of rotatable bonds is 10. The van der Waals surface area contributed by atoms with E-state index in [4.69, 9.17) is 9.47 Å². The number of nitrogens with one attached hydrogen (secondary N) is 2. The molecule has 2 N–H and O–H groups in total. The van der Waals surface area contributed by atoms with Gasteiger partial charge in [-0.2, -0.15) is 0 Å². The van der Waals surface area contributed by atoms with Crippen LogP contribution >= 0.6 is 0 Å². The van der Waals surface area contributed by atoms with Crippen molar-refractivity contribution in [2.75, 3.05) is 25.1 Å². The maximum Gasteiger partial charge on any atom is 0.240 e. The van der Waals surface area contributed by atoms with Crippen LogP contribution in [0.3, 0.4) is 0 Å². The molecule has 1 aliphatic heterocycles. The molecule has 10 heteroatoms. The van der Waals surface area contributed by atoms with Gasteiger partial charge in [-0.1, -0.05) is 18.6 Å². The number of para-hydroxylation sites is 2. The Kier molecular flexibility index (Phi) is 7.26. The smallest absolute Gasteiger partial charge is 0.240 e. The molecular weight excluding hydrogens is 444 g/mol. The van der Waals surface area contributed by atoms with E-state index in [0.29, 0.717) is 56.2 Å². The van der Waals surface area contributed by atoms with Crippen molar-refractivity contribution >= 4 is 21.6 Å². The topological polar surface area (TPSA) is 112 Å². The fourth-order valence-corrected chi connectivity index (χ4v) is 4.58. The highest BCUT2D eigenvalue weighted by molar-refractivity contribution is 7.89. The monoisotopic (exact) mass is 470 g/mol. The molecule has 2 heterocycles. The molecule has 0 saturated heterocycles. The van der Waals surface area contributed by atoms with E-state index in [1.54, 1.807) is 18.6 Å². The maximum absolute atomic E-state index is 12.5. The molecule has 1 amide bonds. The quantitative estimate of drug-likeness (QED) is 0.441. The fraction of sp³-hybridized carbons (Fsp3) is 0.304. The van der Waals surface area contributed by atoms with E-state index >= 15 is 0 Å². The third kappa shape index (κ3) is 5.91. The first-order valence-electron chi connectivity index (χ1n) is 10.8. The number of benzene rings is 2. The Bertz CT molecular complexity index is 1200. The number of sulfonamides is 1. The summed E-state index contributed by atoms with van der Waals surface area (Å²) < 4.78 is 40.3. The molecule has 9 nitrogen and oxygen atoms in total. The van der Waals surface area contributed by atoms with E-state index in [1.165, 1.54) is 12.1 Å². The van der Waals surface area contributed by atoms with Gasteiger partial charge in [0.15, 0.2) is 11.5 Å². The second kappa shape index (κ2) is 10.5. The SMILES string of the molecule is O=C(CCCCCNS(=O)(=O)c1ccc2c(c1)OCCO2)Nc1ccccc1-n1ccnc1. The highest BCUT2D eigenvalue weighted by Gasteiger charge is 2.19. The molecule has 0 unspecified atom stereocenters. The number of unbranched alkanes of at least 4 members (excludes halogenated alkanes) is 2. The molecule has 0 spiro atoms. The van der Waals surface area contributed by atoms with Crippen molar-refractivity contribution in [2.45, 2.75) is 30.6 Å². The van der Waals surface area contributed by atoms with Crippen LogP contribution < -0.4 is 19.5 Å². The second-order valence-electron chi connectivity index (χ2n) is 7.55. The lowest BCUT2D eigenvalue weighted by molar-refractivity contribution is -0.116. The largest absolute Gasteiger partial charge is 0.486 e. The van der Waals surface area contributed by atoms with Crippen LogP contribution in [-0.4, -0.2) is 43.6 Å². The highest BCUT2D eigenvalue weighted by atomic mass is 32.2. The zero-order valence-corrected chi connectivity index (χ0v) is 18.9. The van der Waals surface area contributed by atoms with Gasteiger partial charge in [0.05, 0.1) is 22.6 Å². The summed E-state index contributed by atoms with van der Waals surface area (Å²) in [4.78, 5) is 16.5. The van der Waals surface area contributed by atoms with Gasteiger partial charge in [0.25, 0.3) is 0 Å². The molecule has 3 aromatic rings. The molecule has 2 aromatic carbocycles. The van der Waals surface area contributed by atoms with E-state index in [9.17, 15) is 13.2 Å². The van der Waals surface area contributed by atoms with Crippen LogP contribution in [0.2, 0.25) is 0 Å². The van der Waals surface area contributed by atoms with Gasteiger partial charge in [-0.25, -0.2) is 18.1 Å². The normalized spacial score (nSPS) is 13.0. The molecule has 33 heavy (non-hydrogen) atoms. The summed E-state index contributed by atoms with van der Waals surface area (Å²) in [5, 5.41) is 2.94. The second-order valence-corrected chi connectivity index (χ2v) is 9.32. The minimum Gasteiger partial charge on any atom is -0.486 e. The number of aromatic nitrogens is 2. The molecule has 0 atom stereocenters. The fourth-order valence-electron chi connectivity index (χ4n) is 3.49. The zero-order chi connectivity index (χ0) is 23.1. The first-order chi connectivity index (χ1) is 16.0. The molecule has 1 aliphatic rings. The summed E-state index contributed by atoms with van der Waals surface area (Å²) in [5.41, 5.74) is 1.56. The van der Waals surface area contributed by atoms with Gasteiger partial charge < -0.3 is 19.4 Å². The number of carbonyl (C=O) groups is 1. The van der Waals surface area contributed by atoms with Crippen LogP contribution in [-0.2, 0) is 14.8 Å². The lowest BCUT2D eigenvalue weighted by atomic mass is 10.2. The molecule has 1 aromatic heterocycles. The molecule has 4 rings (SSSR count). The van der Waals surface area contributed by atoms with E-state index in [1.807, 2.05) is 35.0 Å². The van der Waals surface area contributed by atoms with Gasteiger partial charge in [0, 0.05) is 31.4 Å². The van der Waals surface area contributed by atoms with Crippen LogP contribution in [0.25, 0.3) is 5.69 Å². The van der Waals surface area contributed by atoms with Crippen molar-refractivity contribution < 1.29 is 22.7 Å². The van der Waals surface area contributed by atoms with Gasteiger partial charge in [0.2, 0.25) is 15.9 Å². The lowest BCUT2D eigenvalue weighted by Crippen LogP contribution is -2.25. The number of hydrogen-bond acceptors (Lipinski definition) is 6. The average molecular weight is 471 g/mol. The van der Waals surface area contributed by atoms with Crippen LogP contribution in [0, 0.1) is 0 Å². The van der Waals surface area contributed by atoms with Crippen molar-refractivity contribution in [3.63, 3.8) is 0 Å². The highest BCUT2D eigenvalue weighted by Crippen LogP contribution is 2.32. The summed E-state index contributed by atoms with van der Waals surface area (Å²) in [5.74, 6) is 0.898. The van der Waals surface area contributed by atoms with E-state index in [0.717, 1.165) is 12.1 Å². The first kappa shape index (κ1) is 22.8.